The van der Waals surface area contributed by atoms with Crippen molar-refractivity contribution in [2.45, 2.75) is 39.7 Å². The van der Waals surface area contributed by atoms with Gasteiger partial charge in [0.25, 0.3) is 5.56 Å². The second-order valence-corrected chi connectivity index (χ2v) is 6.20. The van der Waals surface area contributed by atoms with Crippen LogP contribution in [-0.4, -0.2) is 15.4 Å². The van der Waals surface area contributed by atoms with Gasteiger partial charge in [0.1, 0.15) is 12.3 Å². The lowest BCUT2D eigenvalue weighted by Crippen LogP contribution is -2.17. The molecule has 5 heteroatoms. The van der Waals surface area contributed by atoms with E-state index < -0.39 is 0 Å². The zero-order valence-corrected chi connectivity index (χ0v) is 12.9. The van der Waals surface area contributed by atoms with Gasteiger partial charge in [-0.2, -0.15) is 0 Å². The Morgan fingerprint density at radius 1 is 1.45 bits per heavy atom. The summed E-state index contributed by atoms with van der Waals surface area (Å²) in [7, 11) is 0. The topological polar surface area (TPSA) is 60.7 Å². The second kappa shape index (κ2) is 5.91. The molecule has 2 aromatic heterocycles. The molecule has 0 aromatic carbocycles. The summed E-state index contributed by atoms with van der Waals surface area (Å²) in [5.74, 6) is 0.843. The van der Waals surface area contributed by atoms with Crippen LogP contribution in [0.3, 0.4) is 0 Å². The number of rotatable bonds is 5. The summed E-state index contributed by atoms with van der Waals surface area (Å²) in [5.41, 5.74) is 1.88. The lowest BCUT2D eigenvalue weighted by molar-refractivity contribution is -0.146. The van der Waals surface area contributed by atoms with Crippen LogP contribution in [0.15, 0.2) is 29.2 Å². The molecule has 0 spiro atoms. The first-order valence-electron chi connectivity index (χ1n) is 7.67. The van der Waals surface area contributed by atoms with Crippen molar-refractivity contribution in [2.24, 2.45) is 11.8 Å². The molecule has 0 unspecified atom stereocenters. The van der Waals surface area contributed by atoms with Crippen molar-refractivity contribution in [3.8, 4) is 0 Å². The van der Waals surface area contributed by atoms with E-state index in [4.69, 9.17) is 4.74 Å². The van der Waals surface area contributed by atoms with Gasteiger partial charge in [-0.1, -0.05) is 13.0 Å². The average molecular weight is 300 g/mol. The second-order valence-electron chi connectivity index (χ2n) is 6.20. The maximum atomic E-state index is 12.1. The number of ether oxygens (including phenoxy) is 1. The molecule has 2 aromatic rings. The van der Waals surface area contributed by atoms with E-state index >= 15 is 0 Å². The van der Waals surface area contributed by atoms with Crippen LogP contribution in [0.4, 0.5) is 0 Å². The molecule has 3 rings (SSSR count). The molecule has 116 valence electrons. The van der Waals surface area contributed by atoms with Gasteiger partial charge in [-0.3, -0.25) is 14.0 Å². The minimum Gasteiger partial charge on any atom is -0.459 e. The van der Waals surface area contributed by atoms with Crippen LogP contribution in [0.5, 0.6) is 0 Å². The highest BCUT2D eigenvalue weighted by atomic mass is 16.5. The third-order valence-electron chi connectivity index (χ3n) is 4.16. The predicted molar refractivity (Wildman–Crippen MR) is 82.5 cm³/mol. The zero-order valence-electron chi connectivity index (χ0n) is 12.9. The first-order valence-corrected chi connectivity index (χ1v) is 7.67. The molecular formula is C17H20N2O3. The van der Waals surface area contributed by atoms with Crippen LogP contribution in [0.25, 0.3) is 5.65 Å². The van der Waals surface area contributed by atoms with Gasteiger partial charge < -0.3 is 4.74 Å². The van der Waals surface area contributed by atoms with Gasteiger partial charge in [-0.15, -0.1) is 0 Å². The van der Waals surface area contributed by atoms with Crippen molar-refractivity contribution in [2.75, 3.05) is 0 Å². The minimum absolute atomic E-state index is 0.0514. The number of esters is 1. The number of aromatic nitrogens is 2. The largest absolute Gasteiger partial charge is 0.459 e. The Labute approximate surface area is 128 Å². The van der Waals surface area contributed by atoms with Gasteiger partial charge >= 0.3 is 5.97 Å². The third-order valence-corrected chi connectivity index (χ3v) is 4.16. The Hall–Kier alpha value is -2.17. The standard InChI is InChI=1S/C17H20N2O3/c1-11-3-6-15-18-14(8-16(20)19(15)9-11)10-22-17(21)7-12(2)13-4-5-13/h3,6,8-9,12-13H,4-5,7,10H2,1-2H3/t12-/m1/s1. The smallest absolute Gasteiger partial charge is 0.306 e. The van der Waals surface area contributed by atoms with E-state index in [1.165, 1.54) is 23.3 Å². The van der Waals surface area contributed by atoms with Crippen molar-refractivity contribution in [3.05, 3.63) is 46.0 Å². The molecule has 1 saturated carbocycles. The first kappa shape index (κ1) is 14.8. The summed E-state index contributed by atoms with van der Waals surface area (Å²) in [6.45, 7) is 4.06. The summed E-state index contributed by atoms with van der Waals surface area (Å²) in [6, 6.07) is 5.11. The highest BCUT2D eigenvalue weighted by molar-refractivity contribution is 5.69. The van der Waals surface area contributed by atoms with Crippen LogP contribution >= 0.6 is 0 Å². The Balaban J connectivity index is 1.67. The number of carbonyl (C=O) groups excluding carboxylic acids is 1. The van der Waals surface area contributed by atoms with Gasteiger partial charge in [0.2, 0.25) is 0 Å². The molecule has 1 fully saturated rings. The SMILES string of the molecule is Cc1ccc2nc(COC(=O)C[C@@H](C)C3CC3)cc(=O)n2c1. The van der Waals surface area contributed by atoms with Gasteiger partial charge in [-0.05, 0) is 43.2 Å². The Morgan fingerprint density at radius 3 is 2.95 bits per heavy atom. The summed E-state index contributed by atoms with van der Waals surface area (Å²) in [6.07, 6.45) is 4.63. The van der Waals surface area contributed by atoms with E-state index in [1.807, 2.05) is 13.0 Å². The van der Waals surface area contributed by atoms with Crippen molar-refractivity contribution < 1.29 is 9.53 Å². The van der Waals surface area contributed by atoms with E-state index in [0.717, 1.165) is 5.56 Å². The quantitative estimate of drug-likeness (QED) is 0.796. The Kier molecular flexibility index (Phi) is 3.96. The fraction of sp³-hybridized carbons (Fsp3) is 0.471. The zero-order chi connectivity index (χ0) is 15.7. The fourth-order valence-corrected chi connectivity index (χ4v) is 2.64. The van der Waals surface area contributed by atoms with E-state index in [0.29, 0.717) is 29.6 Å². The van der Waals surface area contributed by atoms with Crippen LogP contribution in [0.1, 0.15) is 37.4 Å². The number of fused-ring (bicyclic) bond motifs is 1. The normalized spacial score (nSPS) is 15.7. The highest BCUT2D eigenvalue weighted by Crippen LogP contribution is 2.38. The van der Waals surface area contributed by atoms with E-state index in [1.54, 1.807) is 12.3 Å². The molecule has 5 nitrogen and oxygen atoms in total. The molecule has 1 aliphatic carbocycles. The van der Waals surface area contributed by atoms with Crippen LogP contribution in [-0.2, 0) is 16.1 Å². The molecule has 0 radical (unpaired) electrons. The number of hydrogen-bond donors (Lipinski definition) is 0. The molecule has 0 amide bonds. The van der Waals surface area contributed by atoms with Crippen LogP contribution in [0.2, 0.25) is 0 Å². The van der Waals surface area contributed by atoms with Crippen molar-refractivity contribution in [3.63, 3.8) is 0 Å². The van der Waals surface area contributed by atoms with Gasteiger partial charge in [0, 0.05) is 18.7 Å². The molecule has 0 bridgehead atoms. The van der Waals surface area contributed by atoms with Gasteiger partial charge in [-0.25, -0.2) is 4.98 Å². The number of carbonyl (C=O) groups is 1. The van der Waals surface area contributed by atoms with E-state index in [9.17, 15) is 9.59 Å². The lowest BCUT2D eigenvalue weighted by Gasteiger charge is -2.10. The average Bonchev–Trinajstić information content (AvgIpc) is 3.30. The molecule has 2 heterocycles. The molecule has 1 atom stereocenters. The van der Waals surface area contributed by atoms with E-state index in [-0.39, 0.29) is 18.1 Å². The highest BCUT2D eigenvalue weighted by Gasteiger charge is 2.29. The lowest BCUT2D eigenvalue weighted by atomic mass is 10.0. The number of pyridine rings is 1. The molecular weight excluding hydrogens is 280 g/mol. The van der Waals surface area contributed by atoms with Gasteiger partial charge in [0.05, 0.1) is 5.69 Å². The third kappa shape index (κ3) is 3.35. The molecule has 0 N–H and O–H groups in total. The fourth-order valence-electron chi connectivity index (χ4n) is 2.64. The minimum atomic E-state index is -0.217. The van der Waals surface area contributed by atoms with Crippen molar-refractivity contribution >= 4 is 11.6 Å². The van der Waals surface area contributed by atoms with Crippen molar-refractivity contribution in [1.29, 1.82) is 0 Å². The summed E-state index contributed by atoms with van der Waals surface area (Å²) < 4.78 is 6.75. The maximum absolute atomic E-state index is 12.1. The van der Waals surface area contributed by atoms with Crippen LogP contribution in [0, 0.1) is 18.8 Å². The van der Waals surface area contributed by atoms with Crippen LogP contribution < -0.4 is 5.56 Å². The predicted octanol–water partition coefficient (Wildman–Crippen LogP) is 2.48. The molecule has 0 aliphatic heterocycles. The monoisotopic (exact) mass is 300 g/mol. The Morgan fingerprint density at radius 2 is 2.23 bits per heavy atom. The molecule has 0 saturated heterocycles. The summed E-state index contributed by atoms with van der Waals surface area (Å²) >= 11 is 0. The summed E-state index contributed by atoms with van der Waals surface area (Å²) in [4.78, 5) is 28.2. The summed E-state index contributed by atoms with van der Waals surface area (Å²) in [5, 5.41) is 0. The van der Waals surface area contributed by atoms with Crippen molar-refractivity contribution in [1.82, 2.24) is 9.38 Å². The molecule has 1 aliphatic rings. The van der Waals surface area contributed by atoms with Gasteiger partial charge in [0.15, 0.2) is 0 Å². The number of aryl methyl sites for hydroxylation is 1. The first-order chi connectivity index (χ1) is 10.5. The number of nitrogens with zero attached hydrogens (tertiary/aromatic N) is 2. The van der Waals surface area contributed by atoms with E-state index in [2.05, 4.69) is 11.9 Å². The maximum Gasteiger partial charge on any atom is 0.306 e. The molecule has 22 heavy (non-hydrogen) atoms. The Bertz CT molecular complexity index is 762. The number of hydrogen-bond acceptors (Lipinski definition) is 4.